The van der Waals surface area contributed by atoms with Crippen molar-refractivity contribution in [3.8, 4) is 0 Å². The number of hydrogen-bond donors (Lipinski definition) is 2. The molecule has 7 heteroatoms. The summed E-state index contributed by atoms with van der Waals surface area (Å²) in [6.45, 7) is 0.652. The Balaban J connectivity index is 0.00000180. The topological polar surface area (TPSA) is 55.1 Å². The lowest BCUT2D eigenvalue weighted by molar-refractivity contribution is 0.0908. The molecule has 3 nitrogen and oxygen atoms in total. The SMILES string of the molecule is Cl.NCC1CCCCC1NC(=O)c1cc(Br)sc1Br. The molecule has 1 amide bonds. The van der Waals surface area contributed by atoms with Crippen LogP contribution in [-0.2, 0) is 0 Å². The summed E-state index contributed by atoms with van der Waals surface area (Å²) in [6.07, 6.45) is 4.56. The fourth-order valence-corrected chi connectivity index (χ4v) is 5.21. The molecule has 0 saturated heterocycles. The molecule has 3 N–H and O–H groups in total. The molecule has 1 saturated carbocycles. The zero-order valence-electron chi connectivity index (χ0n) is 10.3. The molecule has 1 aromatic heterocycles. The third kappa shape index (κ3) is 4.43. The Labute approximate surface area is 140 Å². The molecule has 1 heterocycles. The monoisotopic (exact) mass is 430 g/mol. The second-order valence-corrected chi connectivity index (χ2v) is 8.35. The van der Waals surface area contributed by atoms with Crippen molar-refractivity contribution in [2.75, 3.05) is 6.54 Å². The zero-order chi connectivity index (χ0) is 13.1. The molecule has 108 valence electrons. The van der Waals surface area contributed by atoms with Gasteiger partial charge in [0.2, 0.25) is 0 Å². The van der Waals surface area contributed by atoms with Crippen LogP contribution in [0.15, 0.2) is 13.6 Å². The van der Waals surface area contributed by atoms with Gasteiger partial charge in [-0.25, -0.2) is 0 Å². The molecular formula is C12H17Br2ClN2OS. The predicted octanol–water partition coefficient (Wildman–Crippen LogP) is 3.94. The van der Waals surface area contributed by atoms with Crippen LogP contribution in [0.1, 0.15) is 36.0 Å². The summed E-state index contributed by atoms with van der Waals surface area (Å²) in [6, 6.07) is 2.08. The average Bonchev–Trinajstić information content (AvgIpc) is 2.69. The second kappa shape index (κ2) is 7.98. The van der Waals surface area contributed by atoms with E-state index in [2.05, 4.69) is 37.2 Å². The summed E-state index contributed by atoms with van der Waals surface area (Å²) in [5.74, 6) is 0.415. The molecule has 1 aliphatic carbocycles. The Bertz CT molecular complexity index is 441. The number of amides is 1. The summed E-state index contributed by atoms with van der Waals surface area (Å²) in [5.41, 5.74) is 6.48. The smallest absolute Gasteiger partial charge is 0.253 e. The van der Waals surface area contributed by atoms with Crippen LogP contribution in [-0.4, -0.2) is 18.5 Å². The first kappa shape index (κ1) is 17.4. The van der Waals surface area contributed by atoms with Crippen LogP contribution in [0, 0.1) is 5.92 Å². The van der Waals surface area contributed by atoms with Gasteiger partial charge in [-0.1, -0.05) is 12.8 Å². The van der Waals surface area contributed by atoms with E-state index < -0.39 is 0 Å². The van der Waals surface area contributed by atoms with Crippen molar-refractivity contribution >= 4 is 61.5 Å². The largest absolute Gasteiger partial charge is 0.349 e. The molecule has 1 aromatic rings. The number of carbonyl (C=O) groups is 1. The van der Waals surface area contributed by atoms with Gasteiger partial charge < -0.3 is 11.1 Å². The van der Waals surface area contributed by atoms with Crippen LogP contribution in [0.3, 0.4) is 0 Å². The van der Waals surface area contributed by atoms with Gasteiger partial charge in [-0.3, -0.25) is 4.79 Å². The second-order valence-electron chi connectivity index (χ2n) is 4.60. The van der Waals surface area contributed by atoms with Crippen molar-refractivity contribution in [1.29, 1.82) is 0 Å². The predicted molar refractivity (Wildman–Crippen MR) is 89.2 cm³/mol. The zero-order valence-corrected chi connectivity index (χ0v) is 15.1. The summed E-state index contributed by atoms with van der Waals surface area (Å²) >= 11 is 8.32. The van der Waals surface area contributed by atoms with E-state index in [0.717, 1.165) is 20.4 Å². The lowest BCUT2D eigenvalue weighted by Crippen LogP contribution is -2.44. The first-order chi connectivity index (χ1) is 8.61. The Morgan fingerprint density at radius 1 is 1.42 bits per heavy atom. The van der Waals surface area contributed by atoms with E-state index in [-0.39, 0.29) is 24.4 Å². The highest BCUT2D eigenvalue weighted by Crippen LogP contribution is 2.32. The fourth-order valence-electron chi connectivity index (χ4n) is 2.42. The van der Waals surface area contributed by atoms with Crippen LogP contribution < -0.4 is 11.1 Å². The number of halogens is 3. The highest BCUT2D eigenvalue weighted by Gasteiger charge is 2.26. The maximum absolute atomic E-state index is 12.2. The molecule has 0 aromatic carbocycles. The number of hydrogen-bond acceptors (Lipinski definition) is 3. The molecule has 2 atom stereocenters. The van der Waals surface area contributed by atoms with Gasteiger partial charge in [-0.15, -0.1) is 23.7 Å². The van der Waals surface area contributed by atoms with Crippen molar-refractivity contribution < 1.29 is 4.79 Å². The summed E-state index contributed by atoms with van der Waals surface area (Å²) in [5, 5.41) is 3.13. The molecule has 2 rings (SSSR count). The normalized spacial score (nSPS) is 22.7. The lowest BCUT2D eigenvalue weighted by atomic mass is 9.84. The number of nitrogens with two attached hydrogens (primary N) is 1. The van der Waals surface area contributed by atoms with Gasteiger partial charge in [0.05, 0.1) is 13.1 Å². The Morgan fingerprint density at radius 3 is 2.68 bits per heavy atom. The number of nitrogens with one attached hydrogen (secondary N) is 1. The van der Waals surface area contributed by atoms with Crippen molar-refractivity contribution in [3.63, 3.8) is 0 Å². The molecule has 0 spiro atoms. The van der Waals surface area contributed by atoms with Crippen LogP contribution in [0.25, 0.3) is 0 Å². The van der Waals surface area contributed by atoms with Crippen LogP contribution >= 0.6 is 55.6 Å². The van der Waals surface area contributed by atoms with Gasteiger partial charge in [-0.2, -0.15) is 0 Å². The molecule has 2 unspecified atom stereocenters. The van der Waals surface area contributed by atoms with E-state index in [1.165, 1.54) is 24.2 Å². The van der Waals surface area contributed by atoms with E-state index in [9.17, 15) is 4.79 Å². The Morgan fingerprint density at radius 2 is 2.11 bits per heavy atom. The number of carbonyl (C=O) groups excluding carboxylic acids is 1. The maximum atomic E-state index is 12.2. The molecule has 19 heavy (non-hydrogen) atoms. The Hall–Kier alpha value is 0.380. The first-order valence-electron chi connectivity index (χ1n) is 6.07. The molecule has 1 aliphatic rings. The molecule has 1 fully saturated rings. The minimum atomic E-state index is -0.00539. The van der Waals surface area contributed by atoms with Gasteiger partial charge in [0.15, 0.2) is 0 Å². The standard InChI is InChI=1S/C12H16Br2N2OS.ClH/c13-10-5-8(11(14)18-10)12(17)16-9-4-2-1-3-7(9)6-15;/h5,7,9H,1-4,6,15H2,(H,16,17);1H. The lowest BCUT2D eigenvalue weighted by Gasteiger charge is -2.31. The molecule has 0 aliphatic heterocycles. The van der Waals surface area contributed by atoms with Crippen LogP contribution in [0.2, 0.25) is 0 Å². The van der Waals surface area contributed by atoms with Crippen LogP contribution in [0.5, 0.6) is 0 Å². The molecule has 0 bridgehead atoms. The van der Waals surface area contributed by atoms with Gasteiger partial charge in [-0.05, 0) is 63.2 Å². The minimum absolute atomic E-state index is 0. The van der Waals surface area contributed by atoms with Gasteiger partial charge >= 0.3 is 0 Å². The van der Waals surface area contributed by atoms with Gasteiger partial charge in [0.25, 0.3) is 5.91 Å². The first-order valence-corrected chi connectivity index (χ1v) is 8.48. The van der Waals surface area contributed by atoms with Gasteiger partial charge in [0.1, 0.15) is 0 Å². The van der Waals surface area contributed by atoms with Crippen molar-refractivity contribution in [1.82, 2.24) is 5.32 Å². The van der Waals surface area contributed by atoms with Crippen molar-refractivity contribution in [2.45, 2.75) is 31.7 Å². The highest BCUT2D eigenvalue weighted by molar-refractivity contribution is 9.12. The number of rotatable bonds is 3. The molecule has 0 radical (unpaired) electrons. The quantitative estimate of drug-likeness (QED) is 0.760. The number of thiophene rings is 1. The Kier molecular flexibility index (Phi) is 7.32. The average molecular weight is 433 g/mol. The third-order valence-electron chi connectivity index (χ3n) is 3.43. The highest BCUT2D eigenvalue weighted by atomic mass is 79.9. The van der Waals surface area contributed by atoms with Crippen molar-refractivity contribution in [3.05, 3.63) is 19.2 Å². The summed E-state index contributed by atoms with van der Waals surface area (Å²) in [4.78, 5) is 12.2. The van der Waals surface area contributed by atoms with E-state index in [4.69, 9.17) is 5.73 Å². The van der Waals surface area contributed by atoms with E-state index in [1.807, 2.05) is 6.07 Å². The maximum Gasteiger partial charge on any atom is 0.253 e. The van der Waals surface area contributed by atoms with Crippen LogP contribution in [0.4, 0.5) is 0 Å². The van der Waals surface area contributed by atoms with Gasteiger partial charge in [0, 0.05) is 6.04 Å². The fraction of sp³-hybridized carbons (Fsp3) is 0.583. The summed E-state index contributed by atoms with van der Waals surface area (Å²) in [7, 11) is 0. The molecular weight excluding hydrogens is 415 g/mol. The minimum Gasteiger partial charge on any atom is -0.349 e. The van der Waals surface area contributed by atoms with Crippen molar-refractivity contribution in [2.24, 2.45) is 11.7 Å². The van der Waals surface area contributed by atoms with E-state index >= 15 is 0 Å². The van der Waals surface area contributed by atoms with E-state index in [1.54, 1.807) is 0 Å². The third-order valence-corrected chi connectivity index (χ3v) is 5.77. The summed E-state index contributed by atoms with van der Waals surface area (Å²) < 4.78 is 1.82. The van der Waals surface area contributed by atoms with E-state index in [0.29, 0.717) is 18.0 Å².